The van der Waals surface area contributed by atoms with Gasteiger partial charge in [-0.2, -0.15) is 0 Å². The Kier molecular flexibility index (Phi) is 10.2. The summed E-state index contributed by atoms with van der Waals surface area (Å²) < 4.78 is 5.17. The van der Waals surface area contributed by atoms with E-state index in [4.69, 9.17) is 4.74 Å². The summed E-state index contributed by atoms with van der Waals surface area (Å²) >= 11 is 0. The number of ketones is 4. The maximum atomic E-state index is 12.1. The van der Waals surface area contributed by atoms with Gasteiger partial charge in [0, 0.05) is 66.3 Å². The Morgan fingerprint density at radius 2 is 1.06 bits per heavy atom. The summed E-state index contributed by atoms with van der Waals surface area (Å²) in [6.07, 6.45) is 7.76. The van der Waals surface area contributed by atoms with Crippen LogP contribution in [0.2, 0.25) is 0 Å². The molecule has 0 unspecified atom stereocenters. The van der Waals surface area contributed by atoms with Gasteiger partial charge in [0.15, 0.2) is 23.1 Å². The van der Waals surface area contributed by atoms with Gasteiger partial charge in [-0.3, -0.25) is 19.2 Å². The van der Waals surface area contributed by atoms with Gasteiger partial charge in [0.2, 0.25) is 0 Å². The fraction of sp³-hybridized carbons (Fsp3) is 0.556. The van der Waals surface area contributed by atoms with Gasteiger partial charge in [-0.05, 0) is 23.0 Å². The van der Waals surface area contributed by atoms with Crippen LogP contribution in [0.25, 0.3) is 0 Å². The third-order valence-corrected chi connectivity index (χ3v) is 5.45. The molecule has 0 atom stereocenters. The number of Topliss-reactive ketones (excluding diaryl/α,β-unsaturated/α-hetero) is 4. The van der Waals surface area contributed by atoms with Gasteiger partial charge < -0.3 is 19.6 Å². The van der Waals surface area contributed by atoms with E-state index < -0.39 is 0 Å². The Morgan fingerprint density at radius 1 is 0.714 bits per heavy atom. The first-order valence-electron chi connectivity index (χ1n) is 11.5. The van der Waals surface area contributed by atoms with E-state index in [0.717, 1.165) is 0 Å². The number of nitrogens with zero attached hydrogens (tertiary/aromatic N) is 2. The van der Waals surface area contributed by atoms with Crippen molar-refractivity contribution >= 4 is 23.1 Å². The minimum atomic E-state index is -0.302. The van der Waals surface area contributed by atoms with E-state index in [0.29, 0.717) is 31.4 Å². The normalized spacial score (nSPS) is 19.6. The van der Waals surface area contributed by atoms with Crippen molar-refractivity contribution in [3.05, 3.63) is 47.2 Å². The van der Waals surface area contributed by atoms with Crippen LogP contribution in [0, 0.1) is 10.8 Å². The molecule has 8 nitrogen and oxygen atoms in total. The molecule has 2 saturated carbocycles. The summed E-state index contributed by atoms with van der Waals surface area (Å²) in [5.74, 6) is -0.675. The molecule has 194 valence electrons. The Labute approximate surface area is 209 Å². The quantitative estimate of drug-likeness (QED) is 0.354. The molecule has 0 radical (unpaired) electrons. The minimum absolute atomic E-state index is 0.0533. The summed E-state index contributed by atoms with van der Waals surface area (Å²) in [5.41, 5.74) is -0.400. The van der Waals surface area contributed by atoms with E-state index in [1.165, 1.54) is 13.2 Å². The molecule has 0 bridgehead atoms. The van der Waals surface area contributed by atoms with Gasteiger partial charge >= 0.3 is 0 Å². The number of aliphatic hydroxyl groups is 1. The van der Waals surface area contributed by atoms with Gasteiger partial charge in [-0.25, -0.2) is 0 Å². The van der Waals surface area contributed by atoms with Gasteiger partial charge in [0.1, 0.15) is 22.7 Å². The molecule has 0 aromatic heterocycles. The number of allylic oxidation sites excluding steroid dienone is 4. The fourth-order valence-electron chi connectivity index (χ4n) is 3.86. The topological polar surface area (TPSA) is 104 Å². The number of hydrogen-bond acceptors (Lipinski definition) is 8. The summed E-state index contributed by atoms with van der Waals surface area (Å²) in [6, 6.07) is 0. The molecule has 0 aliphatic heterocycles. The molecule has 2 aliphatic carbocycles. The number of hydrogen-bond donors (Lipinski definition) is 1. The number of carbonyl (C=O) groups excluding carboxylic acids is 4. The summed E-state index contributed by atoms with van der Waals surface area (Å²) in [7, 11) is 8.79. The molecule has 0 spiro atoms. The molecule has 0 saturated heterocycles. The van der Waals surface area contributed by atoms with Crippen LogP contribution >= 0.6 is 0 Å². The Bertz CT molecular complexity index is 934. The summed E-state index contributed by atoms with van der Waals surface area (Å²) in [6.45, 7) is 7.63. The van der Waals surface area contributed by atoms with Crippen molar-refractivity contribution < 1.29 is 29.0 Å². The van der Waals surface area contributed by atoms with Crippen LogP contribution in [0.15, 0.2) is 47.2 Å². The Balaban J connectivity index is 0.000000351. The molecule has 2 rings (SSSR count). The van der Waals surface area contributed by atoms with Gasteiger partial charge in [0.25, 0.3) is 0 Å². The van der Waals surface area contributed by atoms with Gasteiger partial charge in [-0.15, -0.1) is 0 Å². The van der Waals surface area contributed by atoms with Crippen LogP contribution < -0.4 is 0 Å². The predicted octanol–water partition coefficient (Wildman–Crippen LogP) is 3.75. The van der Waals surface area contributed by atoms with E-state index in [2.05, 4.69) is 0 Å². The highest BCUT2D eigenvalue weighted by atomic mass is 16.5. The monoisotopic (exact) mass is 488 g/mol. The second-order valence-electron chi connectivity index (χ2n) is 11.0. The maximum Gasteiger partial charge on any atom is 0.170 e. The number of methoxy groups -OCH3 is 1. The van der Waals surface area contributed by atoms with Crippen LogP contribution in [0.5, 0.6) is 0 Å². The first-order valence-corrected chi connectivity index (χ1v) is 11.5. The minimum Gasteiger partial charge on any atom is -0.507 e. The predicted molar refractivity (Wildman–Crippen MR) is 135 cm³/mol. The lowest BCUT2D eigenvalue weighted by atomic mass is 9.74. The van der Waals surface area contributed by atoms with Crippen molar-refractivity contribution in [2.24, 2.45) is 10.8 Å². The summed E-state index contributed by atoms with van der Waals surface area (Å²) in [5, 5.41) is 9.76. The third kappa shape index (κ3) is 9.19. The maximum absolute atomic E-state index is 12.1. The van der Waals surface area contributed by atoms with Crippen molar-refractivity contribution in [1.29, 1.82) is 0 Å². The van der Waals surface area contributed by atoms with E-state index in [1.807, 2.05) is 46.7 Å². The second kappa shape index (κ2) is 12.0. The zero-order valence-electron chi connectivity index (χ0n) is 22.5. The molecule has 0 aromatic carbocycles. The lowest BCUT2D eigenvalue weighted by molar-refractivity contribution is -0.129. The molecule has 0 amide bonds. The highest BCUT2D eigenvalue weighted by molar-refractivity contribution is 6.23. The second-order valence-corrected chi connectivity index (χ2v) is 11.0. The summed E-state index contributed by atoms with van der Waals surface area (Å²) in [4.78, 5) is 51.3. The highest BCUT2D eigenvalue weighted by Gasteiger charge is 2.38. The molecule has 0 heterocycles. The number of rotatable bonds is 5. The number of carbonyl (C=O) groups is 4. The van der Waals surface area contributed by atoms with Crippen molar-refractivity contribution in [3.63, 3.8) is 0 Å². The zero-order valence-corrected chi connectivity index (χ0v) is 22.5. The highest BCUT2D eigenvalue weighted by Crippen LogP contribution is 2.35. The molecule has 35 heavy (non-hydrogen) atoms. The first-order chi connectivity index (χ1) is 16.0. The van der Waals surface area contributed by atoms with Crippen LogP contribution in [-0.4, -0.2) is 73.3 Å². The van der Waals surface area contributed by atoms with Crippen molar-refractivity contribution in [3.8, 4) is 0 Å². The van der Waals surface area contributed by atoms with Crippen LogP contribution in [-0.2, 0) is 23.9 Å². The Hall–Kier alpha value is -3.16. The smallest absolute Gasteiger partial charge is 0.170 e. The molecular weight excluding hydrogens is 448 g/mol. The SMILES string of the molecule is CN(C)/C=C/C(O)=C1C(=O)CC(C)(C)CC1=O.COC(/C=C/N(C)C)=C1C(=O)CC(C)(C)CC1=O. The molecule has 2 fully saturated rings. The van der Waals surface area contributed by atoms with Crippen LogP contribution in [0.4, 0.5) is 0 Å². The molecule has 1 N–H and O–H groups in total. The molecule has 0 aromatic rings. The number of aliphatic hydroxyl groups excluding tert-OH is 1. The fourth-order valence-corrected chi connectivity index (χ4v) is 3.86. The lowest BCUT2D eigenvalue weighted by Crippen LogP contribution is -2.32. The standard InChI is InChI=1S/C14H21NO3.C13H19NO3/c1-14(2)8-10(16)13(11(17)9-14)12(18-5)6-7-15(3)4;1-13(2)7-10(16)12(11(17)8-13)9(15)5-6-14(3)4/h6-7H,8-9H2,1-5H3;5-6,15H,7-8H2,1-4H3/b7-6+;6-5+. The van der Waals surface area contributed by atoms with Crippen LogP contribution in [0.1, 0.15) is 53.4 Å². The van der Waals surface area contributed by atoms with Gasteiger partial charge in [0.05, 0.1) is 7.11 Å². The number of ether oxygens (including phenoxy) is 1. The third-order valence-electron chi connectivity index (χ3n) is 5.45. The van der Waals surface area contributed by atoms with E-state index in [9.17, 15) is 24.3 Å². The zero-order chi connectivity index (χ0) is 27.1. The first kappa shape index (κ1) is 29.9. The Morgan fingerprint density at radius 3 is 1.40 bits per heavy atom. The molecule has 8 heteroatoms. The molecule has 2 aliphatic rings. The molecular formula is C27H40N2O6. The van der Waals surface area contributed by atoms with Crippen LogP contribution in [0.3, 0.4) is 0 Å². The van der Waals surface area contributed by atoms with Crippen molar-refractivity contribution in [2.75, 3.05) is 35.3 Å². The van der Waals surface area contributed by atoms with E-state index in [-0.39, 0.29) is 50.9 Å². The average Bonchev–Trinajstić information content (AvgIpc) is 2.66. The lowest BCUT2D eigenvalue weighted by Gasteiger charge is -2.29. The van der Waals surface area contributed by atoms with Gasteiger partial charge in [-0.1, -0.05) is 27.7 Å². The van der Waals surface area contributed by atoms with E-state index >= 15 is 0 Å². The van der Waals surface area contributed by atoms with E-state index in [1.54, 1.807) is 37.5 Å². The van der Waals surface area contributed by atoms with Crippen molar-refractivity contribution in [1.82, 2.24) is 9.80 Å². The van der Waals surface area contributed by atoms with Crippen molar-refractivity contribution in [2.45, 2.75) is 53.4 Å². The largest absolute Gasteiger partial charge is 0.507 e. The average molecular weight is 489 g/mol.